The van der Waals surface area contributed by atoms with Gasteiger partial charge in [-0.05, 0) is 31.1 Å². The average molecular weight is 254 g/mol. The van der Waals surface area contributed by atoms with Crippen LogP contribution in [0.2, 0.25) is 0 Å². The van der Waals surface area contributed by atoms with E-state index in [4.69, 9.17) is 4.74 Å². The molecule has 2 fully saturated rings. The van der Waals surface area contributed by atoms with E-state index in [9.17, 15) is 4.79 Å². The van der Waals surface area contributed by atoms with E-state index in [2.05, 4.69) is 17.6 Å². The summed E-state index contributed by atoms with van der Waals surface area (Å²) in [6.07, 6.45) is 8.17. The van der Waals surface area contributed by atoms with Crippen LogP contribution in [0.15, 0.2) is 0 Å². The van der Waals surface area contributed by atoms with E-state index < -0.39 is 0 Å². The first kappa shape index (κ1) is 13.7. The molecule has 0 radical (unpaired) electrons. The molecule has 104 valence electrons. The molecule has 2 amide bonds. The maximum absolute atomic E-state index is 11.8. The quantitative estimate of drug-likeness (QED) is 0.812. The summed E-state index contributed by atoms with van der Waals surface area (Å²) in [5.41, 5.74) is 0.210. The third kappa shape index (κ3) is 4.16. The zero-order valence-electron chi connectivity index (χ0n) is 11.5. The molecule has 1 saturated carbocycles. The highest BCUT2D eigenvalue weighted by atomic mass is 16.5. The van der Waals surface area contributed by atoms with E-state index in [0.29, 0.717) is 6.04 Å². The number of ether oxygens (including phenoxy) is 1. The van der Waals surface area contributed by atoms with E-state index in [1.165, 1.54) is 19.3 Å². The highest BCUT2D eigenvalue weighted by Gasteiger charge is 2.28. The van der Waals surface area contributed by atoms with Gasteiger partial charge in [-0.3, -0.25) is 0 Å². The standard InChI is InChI=1S/C14H26N2O2/c1-14(7-9-18-10-8-14)11-15-13(17)16-12-5-3-2-4-6-12/h12H,2-11H2,1H3,(H2,15,16,17). The zero-order chi connectivity index (χ0) is 12.8. The van der Waals surface area contributed by atoms with Crippen molar-refractivity contribution in [1.82, 2.24) is 10.6 Å². The van der Waals surface area contributed by atoms with Crippen LogP contribution in [0.3, 0.4) is 0 Å². The lowest BCUT2D eigenvalue weighted by molar-refractivity contribution is 0.0252. The van der Waals surface area contributed by atoms with Gasteiger partial charge in [0, 0.05) is 25.8 Å². The molecule has 2 aliphatic rings. The van der Waals surface area contributed by atoms with E-state index in [0.717, 1.165) is 45.4 Å². The second kappa shape index (κ2) is 6.41. The summed E-state index contributed by atoms with van der Waals surface area (Å²) in [6.45, 7) is 4.64. The van der Waals surface area contributed by atoms with Crippen molar-refractivity contribution < 1.29 is 9.53 Å². The lowest BCUT2D eigenvalue weighted by Crippen LogP contribution is -2.47. The maximum Gasteiger partial charge on any atom is 0.315 e. The summed E-state index contributed by atoms with van der Waals surface area (Å²) in [5, 5.41) is 6.13. The van der Waals surface area contributed by atoms with Crippen molar-refractivity contribution in [2.24, 2.45) is 5.41 Å². The molecule has 0 spiro atoms. The number of urea groups is 1. The summed E-state index contributed by atoms with van der Waals surface area (Å²) in [5.74, 6) is 0. The Balaban J connectivity index is 1.67. The summed E-state index contributed by atoms with van der Waals surface area (Å²) in [7, 11) is 0. The molecule has 1 aliphatic heterocycles. The van der Waals surface area contributed by atoms with Gasteiger partial charge < -0.3 is 15.4 Å². The van der Waals surface area contributed by atoms with E-state index in [-0.39, 0.29) is 11.4 Å². The van der Waals surface area contributed by atoms with Crippen LogP contribution in [0.5, 0.6) is 0 Å². The van der Waals surface area contributed by atoms with Gasteiger partial charge in [0.25, 0.3) is 0 Å². The predicted octanol–water partition coefficient (Wildman–Crippen LogP) is 2.44. The van der Waals surface area contributed by atoms with Gasteiger partial charge in [-0.15, -0.1) is 0 Å². The molecule has 0 bridgehead atoms. The normalized spacial score (nSPS) is 24.5. The van der Waals surface area contributed by atoms with Crippen molar-refractivity contribution in [3.05, 3.63) is 0 Å². The van der Waals surface area contributed by atoms with Gasteiger partial charge in [0.2, 0.25) is 0 Å². The first-order chi connectivity index (χ1) is 8.68. The van der Waals surface area contributed by atoms with E-state index >= 15 is 0 Å². The molecule has 2 N–H and O–H groups in total. The Morgan fingerprint density at radius 1 is 1.22 bits per heavy atom. The van der Waals surface area contributed by atoms with Crippen molar-refractivity contribution in [3.63, 3.8) is 0 Å². The number of rotatable bonds is 3. The van der Waals surface area contributed by atoms with Crippen LogP contribution in [0.25, 0.3) is 0 Å². The Morgan fingerprint density at radius 3 is 2.56 bits per heavy atom. The predicted molar refractivity (Wildman–Crippen MR) is 71.6 cm³/mol. The van der Waals surface area contributed by atoms with Crippen molar-refractivity contribution in [2.75, 3.05) is 19.8 Å². The van der Waals surface area contributed by atoms with Crippen LogP contribution in [-0.4, -0.2) is 31.8 Å². The van der Waals surface area contributed by atoms with Crippen molar-refractivity contribution in [3.8, 4) is 0 Å². The third-order valence-corrected chi connectivity index (χ3v) is 4.32. The Morgan fingerprint density at radius 2 is 1.89 bits per heavy atom. The minimum absolute atomic E-state index is 0.00890. The van der Waals surface area contributed by atoms with Gasteiger partial charge in [0.05, 0.1) is 0 Å². The molecular weight excluding hydrogens is 228 g/mol. The van der Waals surface area contributed by atoms with Crippen LogP contribution < -0.4 is 10.6 Å². The smallest absolute Gasteiger partial charge is 0.315 e. The lowest BCUT2D eigenvalue weighted by Gasteiger charge is -2.34. The molecule has 1 aliphatic carbocycles. The van der Waals surface area contributed by atoms with Crippen LogP contribution in [0.4, 0.5) is 4.79 Å². The second-order valence-corrected chi connectivity index (χ2v) is 6.08. The Kier molecular flexibility index (Phi) is 4.87. The fourth-order valence-corrected chi connectivity index (χ4v) is 2.82. The fraction of sp³-hybridized carbons (Fsp3) is 0.929. The molecule has 2 rings (SSSR count). The monoisotopic (exact) mass is 254 g/mol. The fourth-order valence-electron chi connectivity index (χ4n) is 2.82. The summed E-state index contributed by atoms with van der Waals surface area (Å²) in [6, 6.07) is 0.399. The number of amides is 2. The zero-order valence-corrected chi connectivity index (χ0v) is 11.5. The topological polar surface area (TPSA) is 50.4 Å². The molecule has 0 aromatic heterocycles. The Bertz CT molecular complexity index is 269. The lowest BCUT2D eigenvalue weighted by atomic mass is 9.82. The highest BCUT2D eigenvalue weighted by molar-refractivity contribution is 5.74. The number of nitrogens with one attached hydrogen (secondary N) is 2. The number of carbonyl (C=O) groups is 1. The molecule has 18 heavy (non-hydrogen) atoms. The third-order valence-electron chi connectivity index (χ3n) is 4.32. The van der Waals surface area contributed by atoms with Gasteiger partial charge in [-0.2, -0.15) is 0 Å². The summed E-state index contributed by atoms with van der Waals surface area (Å²) < 4.78 is 5.36. The van der Waals surface area contributed by atoms with Crippen molar-refractivity contribution in [1.29, 1.82) is 0 Å². The molecule has 0 unspecified atom stereocenters. The Hall–Kier alpha value is -0.770. The molecule has 0 atom stereocenters. The average Bonchev–Trinajstić information content (AvgIpc) is 2.39. The maximum atomic E-state index is 11.8. The number of hydrogen-bond donors (Lipinski definition) is 2. The number of carbonyl (C=O) groups excluding carboxylic acids is 1. The SMILES string of the molecule is CC1(CNC(=O)NC2CCCCC2)CCOCC1. The molecular formula is C14H26N2O2. The first-order valence-electron chi connectivity index (χ1n) is 7.30. The van der Waals surface area contributed by atoms with Crippen molar-refractivity contribution in [2.45, 2.75) is 57.9 Å². The van der Waals surface area contributed by atoms with Crippen LogP contribution in [0.1, 0.15) is 51.9 Å². The van der Waals surface area contributed by atoms with Gasteiger partial charge in [-0.1, -0.05) is 26.2 Å². The largest absolute Gasteiger partial charge is 0.381 e. The summed E-state index contributed by atoms with van der Waals surface area (Å²) >= 11 is 0. The molecule has 0 aromatic carbocycles. The van der Waals surface area contributed by atoms with Gasteiger partial charge >= 0.3 is 6.03 Å². The molecule has 1 saturated heterocycles. The van der Waals surface area contributed by atoms with Crippen LogP contribution >= 0.6 is 0 Å². The van der Waals surface area contributed by atoms with E-state index in [1.54, 1.807) is 0 Å². The summed E-state index contributed by atoms with van der Waals surface area (Å²) in [4.78, 5) is 11.8. The van der Waals surface area contributed by atoms with Gasteiger partial charge in [0.15, 0.2) is 0 Å². The molecule has 4 heteroatoms. The van der Waals surface area contributed by atoms with Crippen molar-refractivity contribution >= 4 is 6.03 Å². The second-order valence-electron chi connectivity index (χ2n) is 6.08. The molecule has 4 nitrogen and oxygen atoms in total. The highest BCUT2D eigenvalue weighted by Crippen LogP contribution is 2.28. The van der Waals surface area contributed by atoms with Gasteiger partial charge in [0.1, 0.15) is 0 Å². The van der Waals surface area contributed by atoms with E-state index in [1.807, 2.05) is 0 Å². The molecule has 0 aromatic rings. The number of hydrogen-bond acceptors (Lipinski definition) is 2. The molecule has 1 heterocycles. The first-order valence-corrected chi connectivity index (χ1v) is 7.30. The Labute approximate surface area is 110 Å². The minimum atomic E-state index is 0.00890. The minimum Gasteiger partial charge on any atom is -0.381 e. The van der Waals surface area contributed by atoms with Crippen LogP contribution in [-0.2, 0) is 4.74 Å². The van der Waals surface area contributed by atoms with Gasteiger partial charge in [-0.25, -0.2) is 4.79 Å². The van der Waals surface area contributed by atoms with Crippen LogP contribution in [0, 0.1) is 5.41 Å².